The van der Waals surface area contributed by atoms with Crippen LogP contribution in [0.2, 0.25) is 0 Å². The Balaban J connectivity index is 1.28. The predicted octanol–water partition coefficient (Wildman–Crippen LogP) is 6.28. The summed E-state index contributed by atoms with van der Waals surface area (Å²) in [5.41, 5.74) is 6.17. The second-order valence-electron chi connectivity index (χ2n) is 8.86. The summed E-state index contributed by atoms with van der Waals surface area (Å²) in [4.78, 5) is 0. The Morgan fingerprint density at radius 1 is 0.714 bits per heavy atom. The number of methoxy groups -OCH3 is 1. The van der Waals surface area contributed by atoms with E-state index in [1.807, 2.05) is 36.4 Å². The molecule has 1 heterocycles. The van der Waals surface area contributed by atoms with Gasteiger partial charge in [0.25, 0.3) is 0 Å². The predicted molar refractivity (Wildman–Crippen MR) is 139 cm³/mol. The summed E-state index contributed by atoms with van der Waals surface area (Å²) in [6.07, 6.45) is 1.88. The maximum atomic E-state index is 6.19. The van der Waals surface area contributed by atoms with E-state index in [0.717, 1.165) is 42.2 Å². The van der Waals surface area contributed by atoms with Crippen LogP contribution in [0.15, 0.2) is 97.1 Å². The summed E-state index contributed by atoms with van der Waals surface area (Å²) < 4.78 is 17.8. The van der Waals surface area contributed by atoms with E-state index < -0.39 is 0 Å². The molecule has 0 bridgehead atoms. The smallest absolute Gasteiger partial charge is 0.162 e. The van der Waals surface area contributed by atoms with Crippen molar-refractivity contribution in [2.45, 2.75) is 32.1 Å². The zero-order chi connectivity index (χ0) is 23.9. The first-order valence-corrected chi connectivity index (χ1v) is 12.1. The highest BCUT2D eigenvalue weighted by molar-refractivity contribution is 5.50. The summed E-state index contributed by atoms with van der Waals surface area (Å²) in [6, 6.07) is 33.4. The molecule has 0 fully saturated rings. The highest BCUT2D eigenvalue weighted by atomic mass is 16.5. The molecule has 0 aliphatic carbocycles. The van der Waals surface area contributed by atoms with E-state index in [1.54, 1.807) is 7.11 Å². The van der Waals surface area contributed by atoms with Crippen molar-refractivity contribution >= 4 is 0 Å². The average Bonchev–Trinajstić information content (AvgIpc) is 2.92. The minimum Gasteiger partial charge on any atom is -0.493 e. The molecule has 4 aromatic carbocycles. The van der Waals surface area contributed by atoms with Crippen LogP contribution in [-0.2, 0) is 26.1 Å². The van der Waals surface area contributed by atoms with Crippen LogP contribution < -0.4 is 19.5 Å². The van der Waals surface area contributed by atoms with Crippen molar-refractivity contribution in [2.24, 2.45) is 0 Å². The normalized spacial score (nSPS) is 14.7. The Morgan fingerprint density at radius 2 is 1.37 bits per heavy atom. The Kier molecular flexibility index (Phi) is 7.30. The summed E-state index contributed by atoms with van der Waals surface area (Å²) in [6.45, 7) is 2.03. The third-order valence-corrected chi connectivity index (χ3v) is 6.43. The van der Waals surface area contributed by atoms with Crippen molar-refractivity contribution < 1.29 is 14.2 Å². The van der Waals surface area contributed by atoms with Crippen molar-refractivity contribution in [3.8, 4) is 17.2 Å². The second kappa shape index (κ2) is 11.1. The molecule has 0 spiro atoms. The molecule has 1 N–H and O–H groups in total. The zero-order valence-electron chi connectivity index (χ0n) is 20.1. The van der Waals surface area contributed by atoms with Crippen LogP contribution >= 0.6 is 0 Å². The van der Waals surface area contributed by atoms with Crippen LogP contribution in [0.5, 0.6) is 17.2 Å². The lowest BCUT2D eigenvalue weighted by Gasteiger charge is -2.28. The van der Waals surface area contributed by atoms with Crippen molar-refractivity contribution in [1.29, 1.82) is 0 Å². The first-order valence-electron chi connectivity index (χ1n) is 12.1. The van der Waals surface area contributed by atoms with Gasteiger partial charge in [0.05, 0.1) is 7.11 Å². The fourth-order valence-electron chi connectivity index (χ4n) is 4.54. The van der Waals surface area contributed by atoms with Crippen LogP contribution in [0.25, 0.3) is 0 Å². The summed E-state index contributed by atoms with van der Waals surface area (Å²) >= 11 is 0. The van der Waals surface area contributed by atoms with Gasteiger partial charge in [0.2, 0.25) is 0 Å². The molecule has 0 saturated carbocycles. The van der Waals surface area contributed by atoms with Gasteiger partial charge in [-0.3, -0.25) is 0 Å². The molecule has 0 aromatic heterocycles. The Bertz CT molecular complexity index is 1220. The number of benzene rings is 4. The van der Waals surface area contributed by atoms with Crippen molar-refractivity contribution in [3.05, 3.63) is 125 Å². The molecular formula is C31H31NO3. The Morgan fingerprint density at radius 3 is 2.03 bits per heavy atom. The fourth-order valence-corrected chi connectivity index (χ4v) is 4.54. The number of fused-ring (bicyclic) bond motifs is 1. The molecule has 0 amide bonds. The summed E-state index contributed by atoms with van der Waals surface area (Å²) in [5.74, 6) is 2.46. The molecule has 0 radical (unpaired) electrons. The molecule has 1 aliphatic rings. The van der Waals surface area contributed by atoms with Crippen molar-refractivity contribution in [3.63, 3.8) is 0 Å². The molecule has 1 atom stereocenters. The Hall–Kier alpha value is -3.76. The lowest BCUT2D eigenvalue weighted by atomic mass is 9.90. The van der Waals surface area contributed by atoms with Gasteiger partial charge in [-0.15, -0.1) is 0 Å². The maximum Gasteiger partial charge on any atom is 0.162 e. The van der Waals surface area contributed by atoms with E-state index in [0.29, 0.717) is 13.2 Å². The number of nitrogens with one attached hydrogen (secondary N) is 1. The van der Waals surface area contributed by atoms with E-state index in [9.17, 15) is 0 Å². The zero-order valence-corrected chi connectivity index (χ0v) is 20.1. The van der Waals surface area contributed by atoms with Gasteiger partial charge in [0, 0.05) is 6.04 Å². The minimum absolute atomic E-state index is 0.222. The molecule has 5 rings (SSSR count). The van der Waals surface area contributed by atoms with Gasteiger partial charge >= 0.3 is 0 Å². The van der Waals surface area contributed by atoms with Crippen LogP contribution in [0, 0.1) is 0 Å². The van der Waals surface area contributed by atoms with Gasteiger partial charge in [-0.05, 0) is 71.5 Å². The molecule has 35 heavy (non-hydrogen) atoms. The van der Waals surface area contributed by atoms with Gasteiger partial charge in [-0.2, -0.15) is 0 Å². The van der Waals surface area contributed by atoms with Gasteiger partial charge in [-0.1, -0.05) is 72.8 Å². The van der Waals surface area contributed by atoms with Crippen LogP contribution in [0.1, 0.15) is 33.9 Å². The average molecular weight is 466 g/mol. The van der Waals surface area contributed by atoms with E-state index in [4.69, 9.17) is 14.2 Å². The first kappa shape index (κ1) is 23.0. The third kappa shape index (κ3) is 5.84. The fraction of sp³-hybridized carbons (Fsp3) is 0.226. The van der Waals surface area contributed by atoms with E-state index in [2.05, 4.69) is 66.0 Å². The number of rotatable bonds is 9. The highest BCUT2D eigenvalue weighted by Crippen LogP contribution is 2.37. The number of hydrogen-bond acceptors (Lipinski definition) is 4. The highest BCUT2D eigenvalue weighted by Gasteiger charge is 2.23. The SMILES string of the molecule is COc1cc2c(cc1OCc1ccccc1)[C@H](Cc1ccc(OCc3ccccc3)cc1)NCC2. The number of ether oxygens (including phenoxy) is 3. The minimum atomic E-state index is 0.222. The van der Waals surface area contributed by atoms with E-state index in [1.165, 1.54) is 22.3 Å². The molecule has 4 heteroatoms. The third-order valence-electron chi connectivity index (χ3n) is 6.43. The standard InChI is InChI=1S/C31H31NO3/c1-33-30-19-26-16-17-32-29(28(26)20-31(30)35-22-25-10-6-3-7-11-25)18-23-12-14-27(15-13-23)34-21-24-8-4-2-5-9-24/h2-15,19-20,29,32H,16-18,21-22H2,1H3/t29-/m0/s1. The second-order valence-corrected chi connectivity index (χ2v) is 8.86. The quantitative estimate of drug-likeness (QED) is 0.316. The van der Waals surface area contributed by atoms with Crippen LogP contribution in [0.4, 0.5) is 0 Å². The lowest BCUT2D eigenvalue weighted by molar-refractivity contribution is 0.283. The summed E-state index contributed by atoms with van der Waals surface area (Å²) in [7, 11) is 1.71. The van der Waals surface area contributed by atoms with E-state index in [-0.39, 0.29) is 6.04 Å². The molecule has 178 valence electrons. The van der Waals surface area contributed by atoms with Crippen LogP contribution in [-0.4, -0.2) is 13.7 Å². The molecular weight excluding hydrogens is 434 g/mol. The number of hydrogen-bond donors (Lipinski definition) is 1. The largest absolute Gasteiger partial charge is 0.493 e. The van der Waals surface area contributed by atoms with Crippen LogP contribution in [0.3, 0.4) is 0 Å². The monoisotopic (exact) mass is 465 g/mol. The molecule has 1 aliphatic heterocycles. The molecule has 0 unspecified atom stereocenters. The Labute approximate surface area is 207 Å². The first-order chi connectivity index (χ1) is 17.3. The maximum absolute atomic E-state index is 6.19. The topological polar surface area (TPSA) is 39.7 Å². The van der Waals surface area contributed by atoms with Crippen molar-refractivity contribution in [1.82, 2.24) is 5.32 Å². The summed E-state index contributed by atoms with van der Waals surface area (Å²) in [5, 5.41) is 3.70. The van der Waals surface area contributed by atoms with E-state index >= 15 is 0 Å². The van der Waals surface area contributed by atoms with Gasteiger partial charge in [-0.25, -0.2) is 0 Å². The van der Waals surface area contributed by atoms with Gasteiger partial charge in [0.15, 0.2) is 11.5 Å². The molecule has 4 aromatic rings. The van der Waals surface area contributed by atoms with Crippen molar-refractivity contribution in [2.75, 3.05) is 13.7 Å². The van der Waals surface area contributed by atoms with Gasteiger partial charge < -0.3 is 19.5 Å². The molecule has 4 nitrogen and oxygen atoms in total. The van der Waals surface area contributed by atoms with Gasteiger partial charge in [0.1, 0.15) is 19.0 Å². The molecule has 0 saturated heterocycles. The lowest BCUT2D eigenvalue weighted by Crippen LogP contribution is -2.31.